The van der Waals surface area contributed by atoms with Crippen LogP contribution in [0.4, 0.5) is 11.4 Å². The second kappa shape index (κ2) is 3.81. The number of nitrogens with one attached hydrogen (secondary N) is 1. The molecule has 0 aromatic heterocycles. The van der Waals surface area contributed by atoms with Crippen LogP contribution in [0, 0.1) is 0 Å². The van der Waals surface area contributed by atoms with E-state index >= 15 is 0 Å². The number of carbonyl (C=O) groups is 1. The first kappa shape index (κ1) is 9.70. The number of nitrogens with zero attached hydrogens (tertiary/aromatic N) is 1. The van der Waals surface area contributed by atoms with Gasteiger partial charge >= 0.3 is 0 Å². The van der Waals surface area contributed by atoms with E-state index in [4.69, 9.17) is 0 Å². The van der Waals surface area contributed by atoms with E-state index in [0.29, 0.717) is 6.42 Å². The quantitative estimate of drug-likeness (QED) is 0.780. The zero-order valence-electron chi connectivity index (χ0n) is 9.33. The second-order valence-electron chi connectivity index (χ2n) is 4.52. The van der Waals surface area contributed by atoms with Gasteiger partial charge in [-0.15, -0.1) is 0 Å². The molecule has 0 saturated carbocycles. The number of piperidine rings is 1. The molecule has 0 radical (unpaired) electrons. The summed E-state index contributed by atoms with van der Waals surface area (Å²) in [6, 6.07) is 6.34. The Morgan fingerprint density at radius 1 is 1.19 bits per heavy atom. The van der Waals surface area contributed by atoms with Crippen LogP contribution in [0.15, 0.2) is 18.2 Å². The van der Waals surface area contributed by atoms with E-state index in [9.17, 15) is 4.79 Å². The fourth-order valence-corrected chi connectivity index (χ4v) is 2.53. The first-order chi connectivity index (χ1) is 7.84. The molecule has 1 N–H and O–H groups in total. The minimum absolute atomic E-state index is 0.268. The Kier molecular flexibility index (Phi) is 2.31. The molecule has 84 valence electrons. The third-order valence-corrected chi connectivity index (χ3v) is 3.44. The fourth-order valence-electron chi connectivity index (χ4n) is 2.53. The smallest absolute Gasteiger partial charge is 0.226 e. The van der Waals surface area contributed by atoms with Crippen molar-refractivity contribution in [3.8, 4) is 0 Å². The number of rotatable bonds is 1. The van der Waals surface area contributed by atoms with Crippen LogP contribution in [0.1, 0.15) is 24.8 Å². The predicted octanol–water partition coefficient (Wildman–Crippen LogP) is 2.17. The van der Waals surface area contributed by atoms with E-state index in [2.05, 4.69) is 23.5 Å². The number of anilines is 2. The molecule has 1 aromatic rings. The molecular formula is C13H16N2O. The number of hydrogen-bond donors (Lipinski definition) is 1. The van der Waals surface area contributed by atoms with Crippen LogP contribution in [-0.4, -0.2) is 19.0 Å². The van der Waals surface area contributed by atoms with E-state index in [1.54, 1.807) is 0 Å². The molecular weight excluding hydrogens is 200 g/mol. The highest BCUT2D eigenvalue weighted by molar-refractivity contribution is 5.94. The Morgan fingerprint density at radius 2 is 2.12 bits per heavy atom. The molecule has 0 unspecified atom stereocenters. The normalized spacial score (nSPS) is 19.5. The van der Waals surface area contributed by atoms with Crippen LogP contribution in [-0.2, 0) is 11.2 Å². The lowest BCUT2D eigenvalue weighted by molar-refractivity contribution is -0.119. The van der Waals surface area contributed by atoms with Gasteiger partial charge < -0.3 is 10.2 Å². The summed E-state index contributed by atoms with van der Waals surface area (Å²) in [5, 5.41) is 3.36. The first-order valence-corrected chi connectivity index (χ1v) is 6.02. The van der Waals surface area contributed by atoms with Crippen molar-refractivity contribution < 1.29 is 4.79 Å². The Morgan fingerprint density at radius 3 is 3.00 bits per heavy atom. The van der Waals surface area contributed by atoms with Crippen molar-refractivity contribution in [1.29, 1.82) is 0 Å². The van der Waals surface area contributed by atoms with Crippen LogP contribution in [0.2, 0.25) is 0 Å². The standard InChI is InChI=1S/C13H16N2O/c16-13-3-1-2-8-15(13)11-5-4-10-6-7-14-12(10)9-11/h4-5,9,14H,1-3,6-8H2. The van der Waals surface area contributed by atoms with Crippen LogP contribution in [0.3, 0.4) is 0 Å². The number of amides is 1. The average Bonchev–Trinajstić information content (AvgIpc) is 2.76. The summed E-state index contributed by atoms with van der Waals surface area (Å²) < 4.78 is 0. The minimum atomic E-state index is 0.268. The first-order valence-electron chi connectivity index (χ1n) is 6.02. The summed E-state index contributed by atoms with van der Waals surface area (Å²) >= 11 is 0. The topological polar surface area (TPSA) is 32.3 Å². The SMILES string of the molecule is O=C1CCCCN1c1ccc2c(c1)NCC2. The summed E-state index contributed by atoms with van der Waals surface area (Å²) in [4.78, 5) is 13.7. The van der Waals surface area contributed by atoms with Crippen molar-refractivity contribution in [2.75, 3.05) is 23.3 Å². The molecule has 0 aliphatic carbocycles. The molecule has 1 fully saturated rings. The molecule has 0 atom stereocenters. The molecule has 1 saturated heterocycles. The highest BCUT2D eigenvalue weighted by Crippen LogP contribution is 2.29. The van der Waals surface area contributed by atoms with Crippen LogP contribution in [0.5, 0.6) is 0 Å². The second-order valence-corrected chi connectivity index (χ2v) is 4.52. The van der Waals surface area contributed by atoms with Gasteiger partial charge in [-0.1, -0.05) is 6.07 Å². The molecule has 1 aromatic carbocycles. The molecule has 0 spiro atoms. The number of fused-ring (bicyclic) bond motifs is 1. The maximum Gasteiger partial charge on any atom is 0.226 e. The predicted molar refractivity (Wildman–Crippen MR) is 64.8 cm³/mol. The monoisotopic (exact) mass is 216 g/mol. The van der Waals surface area contributed by atoms with Crippen molar-refractivity contribution >= 4 is 17.3 Å². The lowest BCUT2D eigenvalue weighted by Gasteiger charge is -2.27. The largest absolute Gasteiger partial charge is 0.384 e. The molecule has 2 aliphatic rings. The molecule has 3 heteroatoms. The van der Waals surface area contributed by atoms with Gasteiger partial charge in [0, 0.05) is 30.9 Å². The fraction of sp³-hybridized carbons (Fsp3) is 0.462. The van der Waals surface area contributed by atoms with Crippen molar-refractivity contribution in [3.05, 3.63) is 23.8 Å². The van der Waals surface area contributed by atoms with Gasteiger partial charge in [0.1, 0.15) is 0 Å². The van der Waals surface area contributed by atoms with E-state index in [-0.39, 0.29) is 5.91 Å². The lowest BCUT2D eigenvalue weighted by Crippen LogP contribution is -2.35. The summed E-state index contributed by atoms with van der Waals surface area (Å²) in [6.45, 7) is 1.89. The molecule has 0 bridgehead atoms. The zero-order valence-corrected chi connectivity index (χ0v) is 9.33. The average molecular weight is 216 g/mol. The molecule has 16 heavy (non-hydrogen) atoms. The van der Waals surface area contributed by atoms with Gasteiger partial charge in [0.25, 0.3) is 0 Å². The van der Waals surface area contributed by atoms with Crippen molar-refractivity contribution in [1.82, 2.24) is 0 Å². The van der Waals surface area contributed by atoms with Crippen LogP contribution < -0.4 is 10.2 Å². The van der Waals surface area contributed by atoms with Gasteiger partial charge in [-0.3, -0.25) is 4.79 Å². The number of carbonyl (C=O) groups excluding carboxylic acids is 1. The van der Waals surface area contributed by atoms with Crippen LogP contribution in [0.25, 0.3) is 0 Å². The van der Waals surface area contributed by atoms with Gasteiger partial charge in [0.2, 0.25) is 5.91 Å². The number of hydrogen-bond acceptors (Lipinski definition) is 2. The van der Waals surface area contributed by atoms with Gasteiger partial charge in [-0.25, -0.2) is 0 Å². The maximum atomic E-state index is 11.8. The zero-order chi connectivity index (χ0) is 11.0. The van der Waals surface area contributed by atoms with E-state index in [1.807, 2.05) is 4.90 Å². The summed E-state index contributed by atoms with van der Waals surface area (Å²) in [5.41, 5.74) is 3.63. The molecule has 1 amide bonds. The molecule has 2 heterocycles. The van der Waals surface area contributed by atoms with Crippen LogP contribution >= 0.6 is 0 Å². The Balaban J connectivity index is 1.91. The molecule has 3 rings (SSSR count). The van der Waals surface area contributed by atoms with E-state index in [1.165, 1.54) is 11.3 Å². The molecule has 2 aliphatic heterocycles. The number of benzene rings is 1. The highest BCUT2D eigenvalue weighted by atomic mass is 16.2. The highest BCUT2D eigenvalue weighted by Gasteiger charge is 2.21. The van der Waals surface area contributed by atoms with Crippen molar-refractivity contribution in [3.63, 3.8) is 0 Å². The Hall–Kier alpha value is -1.51. The minimum Gasteiger partial charge on any atom is -0.384 e. The molecule has 3 nitrogen and oxygen atoms in total. The maximum absolute atomic E-state index is 11.8. The van der Waals surface area contributed by atoms with E-state index < -0.39 is 0 Å². The van der Waals surface area contributed by atoms with Gasteiger partial charge in [-0.2, -0.15) is 0 Å². The van der Waals surface area contributed by atoms with Crippen molar-refractivity contribution in [2.45, 2.75) is 25.7 Å². The summed E-state index contributed by atoms with van der Waals surface area (Å²) in [6.07, 6.45) is 3.96. The van der Waals surface area contributed by atoms with Gasteiger partial charge in [-0.05, 0) is 37.0 Å². The summed E-state index contributed by atoms with van der Waals surface area (Å²) in [7, 11) is 0. The van der Waals surface area contributed by atoms with Gasteiger partial charge in [0.15, 0.2) is 0 Å². The lowest BCUT2D eigenvalue weighted by atomic mass is 10.1. The van der Waals surface area contributed by atoms with E-state index in [0.717, 1.165) is 38.0 Å². The van der Waals surface area contributed by atoms with Gasteiger partial charge in [0.05, 0.1) is 0 Å². The third kappa shape index (κ3) is 1.56. The van der Waals surface area contributed by atoms with Crippen molar-refractivity contribution in [2.24, 2.45) is 0 Å². The third-order valence-electron chi connectivity index (χ3n) is 3.44. The summed E-state index contributed by atoms with van der Waals surface area (Å²) in [5.74, 6) is 0.268. The Bertz CT molecular complexity index is 428. The Labute approximate surface area is 95.4 Å².